The SMILES string of the molecule is CC(C)c1ccc(C2CC2c2ccc(O)cc2Cl)cc1. The van der Waals surface area contributed by atoms with Gasteiger partial charge in [-0.05, 0) is 53.0 Å². The molecule has 0 aromatic heterocycles. The summed E-state index contributed by atoms with van der Waals surface area (Å²) in [5.41, 5.74) is 3.93. The van der Waals surface area contributed by atoms with E-state index in [1.54, 1.807) is 12.1 Å². The Morgan fingerprint density at radius 2 is 1.75 bits per heavy atom. The standard InChI is InChI=1S/C18H19ClO/c1-11(2)12-3-5-13(6-4-12)16-10-17(16)15-8-7-14(20)9-18(15)19/h3-9,11,16-17,20H,10H2,1-2H3. The summed E-state index contributed by atoms with van der Waals surface area (Å²) in [4.78, 5) is 0. The molecular weight excluding hydrogens is 268 g/mol. The Hall–Kier alpha value is -1.47. The lowest BCUT2D eigenvalue weighted by molar-refractivity contribution is 0.475. The molecule has 0 spiro atoms. The van der Waals surface area contributed by atoms with E-state index in [1.807, 2.05) is 6.07 Å². The maximum absolute atomic E-state index is 9.42. The second-order valence-corrected chi connectivity index (χ2v) is 6.38. The molecular formula is C18H19ClO. The lowest BCUT2D eigenvalue weighted by Crippen LogP contribution is -1.89. The summed E-state index contributed by atoms with van der Waals surface area (Å²) >= 11 is 6.22. The third-order valence-electron chi connectivity index (χ3n) is 4.21. The van der Waals surface area contributed by atoms with Crippen LogP contribution in [0.15, 0.2) is 42.5 Å². The Bertz CT molecular complexity index is 616. The van der Waals surface area contributed by atoms with Crippen LogP contribution in [-0.4, -0.2) is 5.11 Å². The highest BCUT2D eigenvalue weighted by Crippen LogP contribution is 2.56. The summed E-state index contributed by atoms with van der Waals surface area (Å²) in [7, 11) is 0. The van der Waals surface area contributed by atoms with Gasteiger partial charge in [0.1, 0.15) is 5.75 Å². The van der Waals surface area contributed by atoms with Crippen LogP contribution in [0.25, 0.3) is 0 Å². The van der Waals surface area contributed by atoms with Crippen LogP contribution in [0.1, 0.15) is 54.7 Å². The van der Waals surface area contributed by atoms with Crippen molar-refractivity contribution in [3.63, 3.8) is 0 Å². The Labute approximate surface area is 125 Å². The molecule has 1 aliphatic rings. The summed E-state index contributed by atoms with van der Waals surface area (Å²) in [5.74, 6) is 1.87. The van der Waals surface area contributed by atoms with Crippen LogP contribution in [0, 0.1) is 0 Å². The van der Waals surface area contributed by atoms with Gasteiger partial charge in [-0.3, -0.25) is 0 Å². The van der Waals surface area contributed by atoms with Crippen molar-refractivity contribution in [2.45, 2.75) is 38.0 Å². The van der Waals surface area contributed by atoms with Crippen molar-refractivity contribution in [1.82, 2.24) is 0 Å². The van der Waals surface area contributed by atoms with Gasteiger partial charge in [0.2, 0.25) is 0 Å². The Balaban J connectivity index is 1.78. The second kappa shape index (κ2) is 5.14. The quantitative estimate of drug-likeness (QED) is 0.796. The summed E-state index contributed by atoms with van der Waals surface area (Å²) < 4.78 is 0. The molecule has 20 heavy (non-hydrogen) atoms. The Morgan fingerprint density at radius 1 is 1.05 bits per heavy atom. The summed E-state index contributed by atoms with van der Waals surface area (Å²) in [5, 5.41) is 10.1. The van der Waals surface area contributed by atoms with Gasteiger partial charge in [-0.1, -0.05) is 55.8 Å². The molecule has 0 amide bonds. The van der Waals surface area contributed by atoms with E-state index in [0.29, 0.717) is 22.8 Å². The molecule has 2 heteroatoms. The molecule has 2 aromatic carbocycles. The van der Waals surface area contributed by atoms with Gasteiger partial charge in [-0.15, -0.1) is 0 Å². The fourth-order valence-electron chi connectivity index (χ4n) is 2.85. The number of halogens is 1. The molecule has 1 nitrogen and oxygen atoms in total. The first-order valence-electron chi connectivity index (χ1n) is 7.14. The smallest absolute Gasteiger partial charge is 0.117 e. The maximum Gasteiger partial charge on any atom is 0.117 e. The van der Waals surface area contributed by atoms with Gasteiger partial charge >= 0.3 is 0 Å². The highest BCUT2D eigenvalue weighted by Gasteiger charge is 2.40. The van der Waals surface area contributed by atoms with E-state index in [4.69, 9.17) is 11.6 Å². The first-order valence-corrected chi connectivity index (χ1v) is 7.52. The van der Waals surface area contributed by atoms with Gasteiger partial charge in [0.25, 0.3) is 0 Å². The molecule has 1 saturated carbocycles. The second-order valence-electron chi connectivity index (χ2n) is 5.98. The van der Waals surface area contributed by atoms with E-state index in [9.17, 15) is 5.11 Å². The van der Waals surface area contributed by atoms with E-state index in [1.165, 1.54) is 11.1 Å². The predicted molar refractivity (Wildman–Crippen MR) is 83.7 cm³/mol. The first kappa shape index (κ1) is 13.5. The van der Waals surface area contributed by atoms with Gasteiger partial charge in [0, 0.05) is 5.02 Å². The van der Waals surface area contributed by atoms with Crippen LogP contribution in [0.4, 0.5) is 0 Å². The zero-order valence-corrected chi connectivity index (χ0v) is 12.6. The molecule has 0 aliphatic heterocycles. The molecule has 0 radical (unpaired) electrons. The van der Waals surface area contributed by atoms with Crippen molar-refractivity contribution in [1.29, 1.82) is 0 Å². The van der Waals surface area contributed by atoms with Crippen LogP contribution < -0.4 is 0 Å². The largest absolute Gasteiger partial charge is 0.508 e. The zero-order chi connectivity index (χ0) is 14.3. The van der Waals surface area contributed by atoms with Gasteiger partial charge in [-0.2, -0.15) is 0 Å². The Morgan fingerprint density at radius 3 is 2.35 bits per heavy atom. The maximum atomic E-state index is 9.42. The summed E-state index contributed by atoms with van der Waals surface area (Å²) in [6.45, 7) is 4.43. The average molecular weight is 287 g/mol. The lowest BCUT2D eigenvalue weighted by atomic mass is 9.99. The minimum Gasteiger partial charge on any atom is -0.508 e. The molecule has 1 aliphatic carbocycles. The van der Waals surface area contributed by atoms with Crippen molar-refractivity contribution in [2.75, 3.05) is 0 Å². The van der Waals surface area contributed by atoms with Gasteiger partial charge < -0.3 is 5.11 Å². The molecule has 2 atom stereocenters. The topological polar surface area (TPSA) is 20.2 Å². The summed E-state index contributed by atoms with van der Waals surface area (Å²) in [6.07, 6.45) is 1.14. The lowest BCUT2D eigenvalue weighted by Gasteiger charge is -2.07. The molecule has 0 heterocycles. The molecule has 0 saturated heterocycles. The average Bonchev–Trinajstić information content (AvgIpc) is 3.19. The van der Waals surface area contributed by atoms with Gasteiger partial charge in [0.05, 0.1) is 0 Å². The molecule has 1 fully saturated rings. The van der Waals surface area contributed by atoms with Crippen molar-refractivity contribution in [3.05, 3.63) is 64.2 Å². The van der Waals surface area contributed by atoms with Crippen molar-refractivity contribution < 1.29 is 5.11 Å². The number of phenols is 1. The van der Waals surface area contributed by atoms with Crippen molar-refractivity contribution >= 4 is 11.6 Å². The minimum absolute atomic E-state index is 0.234. The monoisotopic (exact) mass is 286 g/mol. The van der Waals surface area contributed by atoms with Crippen LogP contribution in [0.5, 0.6) is 5.75 Å². The summed E-state index contributed by atoms with van der Waals surface area (Å²) in [6, 6.07) is 14.3. The van der Waals surface area contributed by atoms with E-state index in [-0.39, 0.29) is 5.75 Å². The predicted octanol–water partition coefficient (Wildman–Crippen LogP) is 5.44. The number of rotatable bonds is 3. The van der Waals surface area contributed by atoms with Crippen molar-refractivity contribution in [2.24, 2.45) is 0 Å². The third-order valence-corrected chi connectivity index (χ3v) is 4.53. The van der Waals surface area contributed by atoms with Crippen LogP contribution in [0.3, 0.4) is 0 Å². The number of aromatic hydroxyl groups is 1. The molecule has 2 unspecified atom stereocenters. The molecule has 2 aromatic rings. The molecule has 0 bridgehead atoms. The van der Waals surface area contributed by atoms with Crippen molar-refractivity contribution in [3.8, 4) is 5.75 Å². The van der Waals surface area contributed by atoms with Crippen LogP contribution in [-0.2, 0) is 0 Å². The van der Waals surface area contributed by atoms with E-state index >= 15 is 0 Å². The normalized spacial score (nSPS) is 21.2. The van der Waals surface area contributed by atoms with Crippen LogP contribution in [0.2, 0.25) is 5.02 Å². The number of hydrogen-bond acceptors (Lipinski definition) is 1. The van der Waals surface area contributed by atoms with Gasteiger partial charge in [-0.25, -0.2) is 0 Å². The minimum atomic E-state index is 0.234. The number of benzene rings is 2. The Kier molecular flexibility index (Phi) is 3.47. The highest BCUT2D eigenvalue weighted by molar-refractivity contribution is 6.31. The molecule has 1 N–H and O–H groups in total. The van der Waals surface area contributed by atoms with Gasteiger partial charge in [0.15, 0.2) is 0 Å². The zero-order valence-electron chi connectivity index (χ0n) is 11.8. The molecule has 3 rings (SSSR count). The van der Waals surface area contributed by atoms with E-state index in [2.05, 4.69) is 38.1 Å². The molecule has 104 valence electrons. The van der Waals surface area contributed by atoms with E-state index in [0.717, 1.165) is 12.0 Å². The first-order chi connectivity index (χ1) is 9.56. The highest BCUT2D eigenvalue weighted by atomic mass is 35.5. The fraction of sp³-hybridized carbons (Fsp3) is 0.333. The fourth-order valence-corrected chi connectivity index (χ4v) is 3.17. The number of hydrogen-bond donors (Lipinski definition) is 1. The van der Waals surface area contributed by atoms with E-state index < -0.39 is 0 Å². The third kappa shape index (κ3) is 2.55. The van der Waals surface area contributed by atoms with Crippen LogP contribution >= 0.6 is 11.6 Å². The number of phenolic OH excluding ortho intramolecular Hbond substituents is 1.